The highest BCUT2D eigenvalue weighted by molar-refractivity contribution is 14.0. The second-order valence-corrected chi connectivity index (χ2v) is 6.67. The third-order valence-electron chi connectivity index (χ3n) is 4.64. The molecule has 0 saturated carbocycles. The molecule has 0 fully saturated rings. The number of guanidine groups is 1. The Labute approximate surface area is 194 Å². The minimum absolute atomic E-state index is 0. The maximum atomic E-state index is 5.51. The molecule has 1 atom stereocenters. The summed E-state index contributed by atoms with van der Waals surface area (Å²) in [6.07, 6.45) is 1.95. The van der Waals surface area contributed by atoms with Crippen LogP contribution in [0.3, 0.4) is 0 Å². The van der Waals surface area contributed by atoms with Gasteiger partial charge in [-0.2, -0.15) is 0 Å². The maximum Gasteiger partial charge on any atom is 0.191 e. The molecule has 29 heavy (non-hydrogen) atoms. The first-order chi connectivity index (χ1) is 13.7. The zero-order valence-corrected chi connectivity index (χ0v) is 21.0. The molecule has 1 aromatic rings. The predicted octanol–water partition coefficient (Wildman–Crippen LogP) is 3.17. The van der Waals surface area contributed by atoms with E-state index in [1.54, 1.807) is 7.11 Å². The van der Waals surface area contributed by atoms with Gasteiger partial charge < -0.3 is 20.1 Å². The molecule has 0 radical (unpaired) electrons. The number of hydrogen-bond acceptors (Lipinski definition) is 4. The van der Waals surface area contributed by atoms with E-state index in [1.165, 1.54) is 5.56 Å². The Morgan fingerprint density at radius 3 is 2.38 bits per heavy atom. The lowest BCUT2D eigenvalue weighted by Crippen LogP contribution is -2.42. The standard InChI is InChI=1S/C22H40N4O2.HI/c1-5-23-22(24-14-11-15-28-17-16-27-4)25-19-21(26(6-2)7-3)18-20-12-9-8-10-13-20;/h8-10,12-13,21H,5-7,11,14-19H2,1-4H3,(H2,23,24,25);1H. The van der Waals surface area contributed by atoms with Gasteiger partial charge in [0.25, 0.3) is 0 Å². The largest absolute Gasteiger partial charge is 0.382 e. The predicted molar refractivity (Wildman–Crippen MR) is 134 cm³/mol. The fraction of sp³-hybridized carbons (Fsp3) is 0.682. The summed E-state index contributed by atoms with van der Waals surface area (Å²) in [5.74, 6) is 0.879. The Morgan fingerprint density at radius 1 is 1.03 bits per heavy atom. The first kappa shape index (κ1) is 28.1. The Kier molecular flexibility index (Phi) is 18.5. The molecule has 0 bridgehead atoms. The van der Waals surface area contributed by atoms with E-state index in [0.29, 0.717) is 19.3 Å². The molecule has 0 saturated heterocycles. The molecule has 0 spiro atoms. The van der Waals surface area contributed by atoms with Gasteiger partial charge >= 0.3 is 0 Å². The number of rotatable bonds is 15. The van der Waals surface area contributed by atoms with Crippen LogP contribution in [0.25, 0.3) is 0 Å². The average molecular weight is 521 g/mol. The van der Waals surface area contributed by atoms with Gasteiger partial charge in [-0.25, -0.2) is 0 Å². The molecule has 1 unspecified atom stereocenters. The average Bonchev–Trinajstić information content (AvgIpc) is 2.72. The van der Waals surface area contributed by atoms with Crippen LogP contribution < -0.4 is 10.6 Å². The van der Waals surface area contributed by atoms with Crippen molar-refractivity contribution in [3.8, 4) is 0 Å². The van der Waals surface area contributed by atoms with E-state index in [0.717, 1.165) is 58.1 Å². The van der Waals surface area contributed by atoms with Gasteiger partial charge in [-0.15, -0.1) is 24.0 Å². The molecule has 0 heterocycles. The number of nitrogens with zero attached hydrogens (tertiary/aromatic N) is 2. The molecule has 6 nitrogen and oxygen atoms in total. The summed E-state index contributed by atoms with van der Waals surface area (Å²) in [7, 11) is 1.69. The van der Waals surface area contributed by atoms with Crippen LogP contribution in [0.15, 0.2) is 35.3 Å². The second kappa shape index (κ2) is 19.1. The highest BCUT2D eigenvalue weighted by Gasteiger charge is 2.16. The second-order valence-electron chi connectivity index (χ2n) is 6.67. The summed E-state index contributed by atoms with van der Waals surface area (Å²) in [5, 5.41) is 6.76. The number of likely N-dealkylation sites (N-methyl/N-ethyl adjacent to an activating group) is 1. The monoisotopic (exact) mass is 520 g/mol. The van der Waals surface area contributed by atoms with Gasteiger partial charge in [-0.3, -0.25) is 9.89 Å². The van der Waals surface area contributed by atoms with E-state index in [9.17, 15) is 0 Å². The third kappa shape index (κ3) is 13.1. The molecule has 2 N–H and O–H groups in total. The Balaban J connectivity index is 0.00000784. The van der Waals surface area contributed by atoms with Crippen LogP contribution in [0.4, 0.5) is 0 Å². The van der Waals surface area contributed by atoms with Crippen LogP contribution in [0.1, 0.15) is 32.8 Å². The minimum Gasteiger partial charge on any atom is -0.382 e. The summed E-state index contributed by atoms with van der Waals surface area (Å²) in [5.41, 5.74) is 1.36. The first-order valence-electron chi connectivity index (χ1n) is 10.6. The van der Waals surface area contributed by atoms with Crippen molar-refractivity contribution in [2.24, 2.45) is 4.99 Å². The lowest BCUT2D eigenvalue weighted by molar-refractivity contribution is 0.0698. The summed E-state index contributed by atoms with van der Waals surface area (Å²) in [6, 6.07) is 11.1. The van der Waals surface area contributed by atoms with Crippen molar-refractivity contribution < 1.29 is 9.47 Å². The van der Waals surface area contributed by atoms with E-state index < -0.39 is 0 Å². The molecule has 0 aliphatic rings. The maximum absolute atomic E-state index is 5.51. The van der Waals surface area contributed by atoms with E-state index in [4.69, 9.17) is 14.5 Å². The van der Waals surface area contributed by atoms with Gasteiger partial charge in [0.2, 0.25) is 0 Å². The van der Waals surface area contributed by atoms with Gasteiger partial charge in [0.05, 0.1) is 19.8 Å². The molecule has 0 aliphatic carbocycles. The lowest BCUT2D eigenvalue weighted by atomic mass is 10.0. The number of methoxy groups -OCH3 is 1. The van der Waals surface area contributed by atoms with Crippen molar-refractivity contribution in [2.75, 3.05) is 59.7 Å². The van der Waals surface area contributed by atoms with Gasteiger partial charge in [-0.05, 0) is 38.4 Å². The molecular weight excluding hydrogens is 479 g/mol. The number of aliphatic imine (C=N–C) groups is 1. The highest BCUT2D eigenvalue weighted by Crippen LogP contribution is 2.09. The SMILES string of the molecule is CCNC(=NCC(Cc1ccccc1)N(CC)CC)NCCCOCCOC.I. The van der Waals surface area contributed by atoms with E-state index in [1.807, 2.05) is 0 Å². The topological polar surface area (TPSA) is 58.1 Å². The van der Waals surface area contributed by atoms with Gasteiger partial charge in [0.1, 0.15) is 0 Å². The summed E-state index contributed by atoms with van der Waals surface area (Å²) in [6.45, 7) is 13.1. The van der Waals surface area contributed by atoms with Crippen LogP contribution in [-0.4, -0.2) is 76.6 Å². The molecule has 7 heteroatoms. The van der Waals surface area contributed by atoms with Crippen LogP contribution in [-0.2, 0) is 15.9 Å². The van der Waals surface area contributed by atoms with Crippen molar-refractivity contribution in [1.82, 2.24) is 15.5 Å². The highest BCUT2D eigenvalue weighted by atomic mass is 127. The van der Waals surface area contributed by atoms with E-state index in [2.05, 4.69) is 66.6 Å². The number of nitrogens with one attached hydrogen (secondary N) is 2. The van der Waals surface area contributed by atoms with E-state index >= 15 is 0 Å². The molecule has 168 valence electrons. The lowest BCUT2D eigenvalue weighted by Gasteiger charge is -2.29. The first-order valence-corrected chi connectivity index (χ1v) is 10.6. The number of hydrogen-bond donors (Lipinski definition) is 2. The Bertz CT molecular complexity index is 513. The van der Waals surface area contributed by atoms with Crippen molar-refractivity contribution in [3.63, 3.8) is 0 Å². The van der Waals surface area contributed by atoms with E-state index in [-0.39, 0.29) is 24.0 Å². The zero-order chi connectivity index (χ0) is 20.5. The summed E-state index contributed by atoms with van der Waals surface area (Å²) in [4.78, 5) is 7.36. The van der Waals surface area contributed by atoms with Gasteiger partial charge in [0.15, 0.2) is 5.96 Å². The Hall–Kier alpha value is -0.900. The minimum atomic E-state index is 0. The van der Waals surface area contributed by atoms with Gasteiger partial charge in [-0.1, -0.05) is 44.2 Å². The molecule has 0 aliphatic heterocycles. The smallest absolute Gasteiger partial charge is 0.191 e. The van der Waals surface area contributed by atoms with Crippen molar-refractivity contribution in [3.05, 3.63) is 35.9 Å². The van der Waals surface area contributed by atoms with Crippen molar-refractivity contribution >= 4 is 29.9 Å². The summed E-state index contributed by atoms with van der Waals surface area (Å²) >= 11 is 0. The van der Waals surface area contributed by atoms with Crippen LogP contribution in [0, 0.1) is 0 Å². The van der Waals surface area contributed by atoms with Crippen LogP contribution in [0.5, 0.6) is 0 Å². The van der Waals surface area contributed by atoms with Crippen molar-refractivity contribution in [1.29, 1.82) is 0 Å². The van der Waals surface area contributed by atoms with Crippen LogP contribution in [0.2, 0.25) is 0 Å². The zero-order valence-electron chi connectivity index (χ0n) is 18.7. The molecular formula is C22H41IN4O2. The fourth-order valence-corrected chi connectivity index (χ4v) is 3.10. The third-order valence-corrected chi connectivity index (χ3v) is 4.64. The number of halogens is 1. The Morgan fingerprint density at radius 2 is 1.76 bits per heavy atom. The molecule has 1 rings (SSSR count). The summed E-state index contributed by atoms with van der Waals surface area (Å²) < 4.78 is 10.5. The number of benzene rings is 1. The molecule has 0 aromatic heterocycles. The van der Waals surface area contributed by atoms with Crippen LogP contribution >= 0.6 is 24.0 Å². The molecule has 0 amide bonds. The van der Waals surface area contributed by atoms with Crippen molar-refractivity contribution in [2.45, 2.75) is 39.7 Å². The quantitative estimate of drug-likeness (QED) is 0.161. The normalized spacial score (nSPS) is 12.5. The van der Waals surface area contributed by atoms with Gasteiger partial charge in [0, 0.05) is 32.8 Å². The fourth-order valence-electron chi connectivity index (χ4n) is 3.10. The molecule has 1 aromatic carbocycles. The number of ether oxygens (including phenoxy) is 2.